The van der Waals surface area contributed by atoms with Crippen LogP contribution in [0.15, 0.2) is 24.3 Å². The van der Waals surface area contributed by atoms with Crippen LogP contribution in [0.1, 0.15) is 11.4 Å². The molecule has 1 heterocycles. The lowest BCUT2D eigenvalue weighted by atomic mass is 10.3. The summed E-state index contributed by atoms with van der Waals surface area (Å²) in [6.45, 7) is 3.56. The van der Waals surface area contributed by atoms with Gasteiger partial charge in [-0.15, -0.1) is 0 Å². The van der Waals surface area contributed by atoms with Crippen molar-refractivity contribution in [1.29, 1.82) is 0 Å². The highest BCUT2D eigenvalue weighted by Crippen LogP contribution is 2.26. The van der Waals surface area contributed by atoms with E-state index in [0.717, 1.165) is 5.69 Å². The third-order valence-corrected chi connectivity index (χ3v) is 2.65. The molecule has 0 spiro atoms. The summed E-state index contributed by atoms with van der Waals surface area (Å²) in [5, 5.41) is 14.5. The van der Waals surface area contributed by atoms with Gasteiger partial charge in [0.15, 0.2) is 5.75 Å². The smallest absolute Gasteiger partial charge is 0.159 e. The zero-order chi connectivity index (χ0) is 11.0. The number of aromatic hydroxyl groups is 1. The Hall–Kier alpha value is -1.48. The van der Waals surface area contributed by atoms with Gasteiger partial charge in [-0.2, -0.15) is 5.10 Å². The molecule has 2 aromatic rings. The monoisotopic (exact) mass is 222 g/mol. The summed E-state index contributed by atoms with van der Waals surface area (Å²) in [5.41, 5.74) is 2.08. The fourth-order valence-corrected chi connectivity index (χ4v) is 1.71. The Morgan fingerprint density at radius 3 is 2.47 bits per heavy atom. The van der Waals surface area contributed by atoms with Crippen LogP contribution < -0.4 is 0 Å². The zero-order valence-corrected chi connectivity index (χ0v) is 9.28. The number of hydrogen-bond acceptors (Lipinski definition) is 2. The van der Waals surface area contributed by atoms with Crippen molar-refractivity contribution in [3.63, 3.8) is 0 Å². The Morgan fingerprint density at radius 2 is 1.93 bits per heavy atom. The number of halogens is 1. The second-order valence-corrected chi connectivity index (χ2v) is 3.79. The van der Waals surface area contributed by atoms with E-state index in [1.165, 1.54) is 0 Å². The van der Waals surface area contributed by atoms with E-state index in [0.29, 0.717) is 16.4 Å². The van der Waals surface area contributed by atoms with Crippen molar-refractivity contribution in [2.45, 2.75) is 13.8 Å². The van der Waals surface area contributed by atoms with Crippen LogP contribution in [-0.2, 0) is 0 Å². The van der Waals surface area contributed by atoms with E-state index in [2.05, 4.69) is 5.10 Å². The van der Waals surface area contributed by atoms with Crippen molar-refractivity contribution in [2.24, 2.45) is 0 Å². The molecule has 4 heteroatoms. The summed E-state index contributed by atoms with van der Waals surface area (Å²) in [7, 11) is 0. The van der Waals surface area contributed by atoms with E-state index in [9.17, 15) is 5.11 Å². The van der Waals surface area contributed by atoms with Gasteiger partial charge in [0.2, 0.25) is 0 Å². The van der Waals surface area contributed by atoms with Crippen LogP contribution in [0.4, 0.5) is 0 Å². The van der Waals surface area contributed by atoms with E-state index < -0.39 is 0 Å². The molecule has 0 aliphatic carbocycles. The summed E-state index contributed by atoms with van der Waals surface area (Å²) in [6.07, 6.45) is 0. The van der Waals surface area contributed by atoms with Crippen molar-refractivity contribution < 1.29 is 5.11 Å². The molecule has 0 amide bonds. The first-order valence-electron chi connectivity index (χ1n) is 4.61. The average Bonchev–Trinajstić information content (AvgIpc) is 2.47. The minimum atomic E-state index is 0.218. The highest BCUT2D eigenvalue weighted by Gasteiger charge is 2.12. The van der Waals surface area contributed by atoms with E-state index in [1.54, 1.807) is 24.6 Å². The minimum Gasteiger partial charge on any atom is -0.504 e. The molecule has 3 nitrogen and oxygen atoms in total. The molecule has 2 rings (SSSR count). The maximum absolute atomic E-state index is 9.65. The molecule has 1 N–H and O–H groups in total. The number of hydrogen-bond donors (Lipinski definition) is 1. The van der Waals surface area contributed by atoms with Gasteiger partial charge < -0.3 is 5.11 Å². The first kappa shape index (κ1) is 10.1. The molecule has 15 heavy (non-hydrogen) atoms. The van der Waals surface area contributed by atoms with Crippen LogP contribution in [0.5, 0.6) is 5.75 Å². The third-order valence-electron chi connectivity index (χ3n) is 2.33. The fourth-order valence-electron chi connectivity index (χ4n) is 1.49. The zero-order valence-electron chi connectivity index (χ0n) is 8.53. The molecular formula is C11H11ClN2O. The normalized spacial score (nSPS) is 10.6. The molecule has 0 bridgehead atoms. The van der Waals surface area contributed by atoms with Gasteiger partial charge in [0.05, 0.1) is 16.4 Å². The van der Waals surface area contributed by atoms with Crippen molar-refractivity contribution in [2.75, 3.05) is 0 Å². The van der Waals surface area contributed by atoms with Crippen LogP contribution >= 0.6 is 11.6 Å². The Kier molecular flexibility index (Phi) is 2.40. The van der Waals surface area contributed by atoms with Crippen LogP contribution in [0.25, 0.3) is 5.69 Å². The Bertz CT molecular complexity index is 505. The van der Waals surface area contributed by atoms with Gasteiger partial charge in [-0.1, -0.05) is 23.7 Å². The van der Waals surface area contributed by atoms with Crippen molar-refractivity contribution in [1.82, 2.24) is 9.78 Å². The highest BCUT2D eigenvalue weighted by molar-refractivity contribution is 6.32. The van der Waals surface area contributed by atoms with Crippen LogP contribution in [0, 0.1) is 13.8 Å². The largest absolute Gasteiger partial charge is 0.504 e. The molecule has 1 aromatic heterocycles. The lowest BCUT2D eigenvalue weighted by Gasteiger charge is -2.05. The molecule has 0 saturated carbocycles. The molecule has 0 fully saturated rings. The SMILES string of the molecule is Cc1nn(-c2ccccc2Cl)c(C)c1O. The van der Waals surface area contributed by atoms with Crippen LogP contribution in [0.3, 0.4) is 0 Å². The molecule has 0 atom stereocenters. The maximum Gasteiger partial charge on any atom is 0.159 e. The van der Waals surface area contributed by atoms with E-state index in [1.807, 2.05) is 18.2 Å². The van der Waals surface area contributed by atoms with Crippen molar-refractivity contribution >= 4 is 11.6 Å². The van der Waals surface area contributed by atoms with Gasteiger partial charge >= 0.3 is 0 Å². The van der Waals surface area contributed by atoms with Gasteiger partial charge in [-0.05, 0) is 26.0 Å². The quantitative estimate of drug-likeness (QED) is 0.806. The Morgan fingerprint density at radius 1 is 1.27 bits per heavy atom. The number of benzene rings is 1. The van der Waals surface area contributed by atoms with Crippen molar-refractivity contribution in [3.8, 4) is 11.4 Å². The molecule has 0 saturated heterocycles. The van der Waals surface area contributed by atoms with Crippen LogP contribution in [0.2, 0.25) is 5.02 Å². The fraction of sp³-hybridized carbons (Fsp3) is 0.182. The summed E-state index contributed by atoms with van der Waals surface area (Å²) in [5.74, 6) is 0.218. The Labute approximate surface area is 92.9 Å². The van der Waals surface area contributed by atoms with E-state index in [4.69, 9.17) is 11.6 Å². The lowest BCUT2D eigenvalue weighted by Crippen LogP contribution is -1.99. The molecule has 0 radical (unpaired) electrons. The second kappa shape index (κ2) is 3.59. The topological polar surface area (TPSA) is 38.0 Å². The Balaban J connectivity index is 2.65. The number of para-hydroxylation sites is 1. The lowest BCUT2D eigenvalue weighted by molar-refractivity contribution is 0.466. The van der Waals surface area contributed by atoms with Crippen LogP contribution in [-0.4, -0.2) is 14.9 Å². The average molecular weight is 223 g/mol. The molecular weight excluding hydrogens is 212 g/mol. The van der Waals surface area contributed by atoms with Gasteiger partial charge in [0.1, 0.15) is 5.69 Å². The second-order valence-electron chi connectivity index (χ2n) is 3.38. The summed E-state index contributed by atoms with van der Waals surface area (Å²) < 4.78 is 1.65. The number of aromatic nitrogens is 2. The molecule has 1 aromatic carbocycles. The van der Waals surface area contributed by atoms with E-state index in [-0.39, 0.29) is 5.75 Å². The van der Waals surface area contributed by atoms with Gasteiger partial charge in [0, 0.05) is 0 Å². The first-order chi connectivity index (χ1) is 7.11. The summed E-state index contributed by atoms with van der Waals surface area (Å²) in [4.78, 5) is 0. The molecule has 0 unspecified atom stereocenters. The first-order valence-corrected chi connectivity index (χ1v) is 4.99. The number of nitrogens with zero attached hydrogens (tertiary/aromatic N) is 2. The van der Waals surface area contributed by atoms with E-state index >= 15 is 0 Å². The minimum absolute atomic E-state index is 0.218. The third kappa shape index (κ3) is 1.59. The van der Waals surface area contributed by atoms with Crippen molar-refractivity contribution in [3.05, 3.63) is 40.7 Å². The van der Waals surface area contributed by atoms with Gasteiger partial charge in [0.25, 0.3) is 0 Å². The predicted molar refractivity (Wildman–Crippen MR) is 59.7 cm³/mol. The summed E-state index contributed by atoms with van der Waals surface area (Å²) in [6, 6.07) is 7.40. The predicted octanol–water partition coefficient (Wildman–Crippen LogP) is 2.85. The number of aryl methyl sites for hydroxylation is 1. The van der Waals surface area contributed by atoms with Gasteiger partial charge in [-0.25, -0.2) is 4.68 Å². The number of rotatable bonds is 1. The highest BCUT2D eigenvalue weighted by atomic mass is 35.5. The molecule has 0 aliphatic heterocycles. The molecule has 78 valence electrons. The van der Waals surface area contributed by atoms with Gasteiger partial charge in [-0.3, -0.25) is 0 Å². The maximum atomic E-state index is 9.65. The summed E-state index contributed by atoms with van der Waals surface area (Å²) >= 11 is 6.05. The standard InChI is InChI=1S/C11H11ClN2O/c1-7-11(15)8(2)14(13-7)10-6-4-3-5-9(10)12/h3-6,15H,1-2H3. The molecule has 0 aliphatic rings.